The van der Waals surface area contributed by atoms with Crippen molar-refractivity contribution in [1.29, 1.82) is 0 Å². The molecule has 9 heteroatoms. The number of nitrogens with zero attached hydrogens (tertiary/aromatic N) is 1. The van der Waals surface area contributed by atoms with Gasteiger partial charge in [-0.1, -0.05) is 18.6 Å². The summed E-state index contributed by atoms with van der Waals surface area (Å²) in [5.74, 6) is 1.44. The van der Waals surface area contributed by atoms with Crippen LogP contribution in [0.2, 0.25) is 0 Å². The maximum Gasteiger partial charge on any atom is 0.417 e. The van der Waals surface area contributed by atoms with Gasteiger partial charge >= 0.3 is 6.18 Å². The van der Waals surface area contributed by atoms with Crippen LogP contribution in [0, 0.1) is 17.3 Å². The molecule has 0 spiro atoms. The highest BCUT2D eigenvalue weighted by Gasteiger charge is 2.54. The summed E-state index contributed by atoms with van der Waals surface area (Å²) in [5.41, 5.74) is 2.27. The van der Waals surface area contributed by atoms with Crippen LogP contribution >= 0.6 is 0 Å². The highest BCUT2D eigenvalue weighted by molar-refractivity contribution is 5.86. The number of ether oxygens (including phenoxy) is 1. The largest absolute Gasteiger partial charge is 0.493 e. The molecule has 232 valence electrons. The van der Waals surface area contributed by atoms with E-state index in [1.165, 1.54) is 13.0 Å². The molecule has 1 aromatic heterocycles. The minimum atomic E-state index is -4.40. The second-order valence-corrected chi connectivity index (χ2v) is 13.3. The Bertz CT molecular complexity index is 1380. The van der Waals surface area contributed by atoms with Crippen LogP contribution in [0.3, 0.4) is 0 Å². The maximum atomic E-state index is 14.1. The normalized spacial score (nSPS) is 29.1. The van der Waals surface area contributed by atoms with Gasteiger partial charge in [-0.15, -0.1) is 0 Å². The molecule has 3 aliphatic carbocycles. The van der Waals surface area contributed by atoms with Gasteiger partial charge in [-0.3, -0.25) is 14.6 Å². The number of rotatable bonds is 8. The number of halogens is 3. The summed E-state index contributed by atoms with van der Waals surface area (Å²) >= 11 is 0. The first kappa shape index (κ1) is 30.3. The highest BCUT2D eigenvalue weighted by atomic mass is 19.4. The monoisotopic (exact) mass is 598 g/mol. The predicted octanol–water partition coefficient (Wildman–Crippen LogP) is 6.11. The first-order chi connectivity index (χ1) is 20.5. The molecule has 2 aromatic rings. The third-order valence-electron chi connectivity index (χ3n) is 10.6. The molecular weight excluding hydrogens is 557 g/mol. The standard InChI is InChI=1S/C34H41F3N2O4/c1-20(40)30(41)14-22-6-9-31-27(13-22)29(10-12-43-31)39-26-17-24-3-2-11-33(24,18-26)32(42)15-21-4-7-23-16-25(34(35,36)37)19-38-28(23)8-5-21/h6,9,13,16,19-21,24,26,29,39-40H,2-5,7-8,10-12,14-15,17-18H2,1H3. The molecule has 4 aliphatic rings. The van der Waals surface area contributed by atoms with Gasteiger partial charge in [0.15, 0.2) is 5.78 Å². The molecule has 1 aliphatic heterocycles. The van der Waals surface area contributed by atoms with E-state index in [2.05, 4.69) is 10.3 Å². The average molecular weight is 599 g/mol. The van der Waals surface area contributed by atoms with E-state index in [9.17, 15) is 27.9 Å². The first-order valence-electron chi connectivity index (χ1n) is 15.8. The quantitative estimate of drug-likeness (QED) is 0.357. The van der Waals surface area contributed by atoms with Crippen LogP contribution in [0.1, 0.15) is 98.7 Å². The lowest BCUT2D eigenvalue weighted by atomic mass is 9.73. The molecule has 0 bridgehead atoms. The van der Waals surface area contributed by atoms with E-state index < -0.39 is 17.8 Å². The van der Waals surface area contributed by atoms with Gasteiger partial charge in [-0.2, -0.15) is 13.2 Å². The Morgan fingerprint density at radius 1 is 1.16 bits per heavy atom. The number of nitrogens with one attached hydrogen (secondary N) is 1. The molecule has 2 heterocycles. The number of aryl methyl sites for hydroxylation is 2. The number of Topliss-reactive ketones (excluding diaryl/α,β-unsaturated/α-hetero) is 2. The number of ketones is 2. The topological polar surface area (TPSA) is 88.5 Å². The summed E-state index contributed by atoms with van der Waals surface area (Å²) in [4.78, 5) is 30.4. The van der Waals surface area contributed by atoms with Gasteiger partial charge in [-0.05, 0) is 93.4 Å². The van der Waals surface area contributed by atoms with Gasteiger partial charge in [0.05, 0.1) is 12.2 Å². The molecule has 2 N–H and O–H groups in total. The van der Waals surface area contributed by atoms with Gasteiger partial charge in [0.1, 0.15) is 17.6 Å². The lowest BCUT2D eigenvalue weighted by Crippen LogP contribution is -2.37. The number of alkyl halides is 3. The van der Waals surface area contributed by atoms with Crippen molar-refractivity contribution >= 4 is 11.6 Å². The molecule has 2 saturated carbocycles. The Labute approximate surface area is 250 Å². The fourth-order valence-corrected chi connectivity index (χ4v) is 8.24. The Morgan fingerprint density at radius 3 is 2.77 bits per heavy atom. The second-order valence-electron chi connectivity index (χ2n) is 13.3. The van der Waals surface area contributed by atoms with Crippen molar-refractivity contribution in [2.75, 3.05) is 6.61 Å². The molecule has 43 heavy (non-hydrogen) atoms. The van der Waals surface area contributed by atoms with E-state index in [1.54, 1.807) is 0 Å². The number of aliphatic hydroxyl groups is 1. The number of aliphatic hydroxyl groups excluding tert-OH is 1. The Hall–Kier alpha value is -2.78. The lowest BCUT2D eigenvalue weighted by molar-refractivity contribution is -0.138. The number of benzene rings is 1. The average Bonchev–Trinajstić information content (AvgIpc) is 3.45. The van der Waals surface area contributed by atoms with Crippen molar-refractivity contribution in [3.05, 3.63) is 58.4 Å². The second kappa shape index (κ2) is 12.0. The third-order valence-corrected chi connectivity index (χ3v) is 10.6. The number of pyridine rings is 1. The zero-order chi connectivity index (χ0) is 30.4. The van der Waals surface area contributed by atoms with Crippen molar-refractivity contribution < 1.29 is 32.6 Å². The van der Waals surface area contributed by atoms with Crippen LogP contribution in [0.5, 0.6) is 5.75 Å². The molecule has 0 radical (unpaired) electrons. The zero-order valence-electron chi connectivity index (χ0n) is 24.7. The zero-order valence-corrected chi connectivity index (χ0v) is 24.7. The van der Waals surface area contributed by atoms with E-state index in [0.29, 0.717) is 49.6 Å². The summed E-state index contributed by atoms with van der Waals surface area (Å²) in [7, 11) is 0. The van der Waals surface area contributed by atoms with E-state index in [-0.39, 0.29) is 35.6 Å². The van der Waals surface area contributed by atoms with Gasteiger partial charge < -0.3 is 15.2 Å². The van der Waals surface area contributed by atoms with Crippen LogP contribution in [-0.2, 0) is 35.0 Å². The number of aromatic nitrogens is 1. The van der Waals surface area contributed by atoms with Crippen molar-refractivity contribution in [2.24, 2.45) is 17.3 Å². The lowest BCUT2D eigenvalue weighted by Gasteiger charge is -2.32. The van der Waals surface area contributed by atoms with Crippen molar-refractivity contribution in [3.8, 4) is 5.75 Å². The minimum Gasteiger partial charge on any atom is -0.493 e. The summed E-state index contributed by atoms with van der Waals surface area (Å²) in [6, 6.07) is 7.32. The summed E-state index contributed by atoms with van der Waals surface area (Å²) in [6.07, 6.45) is 4.42. The van der Waals surface area contributed by atoms with Crippen molar-refractivity contribution in [3.63, 3.8) is 0 Å². The number of fused-ring (bicyclic) bond motifs is 3. The van der Waals surface area contributed by atoms with Crippen LogP contribution in [0.15, 0.2) is 30.5 Å². The summed E-state index contributed by atoms with van der Waals surface area (Å²) in [6.45, 7) is 2.08. The Morgan fingerprint density at radius 2 is 1.98 bits per heavy atom. The Balaban J connectivity index is 1.11. The first-order valence-corrected chi connectivity index (χ1v) is 15.8. The number of carbonyl (C=O) groups excluding carboxylic acids is 2. The molecule has 2 fully saturated rings. The number of carbonyl (C=O) groups is 2. The minimum absolute atomic E-state index is 0.0655. The molecule has 6 unspecified atom stereocenters. The van der Waals surface area contributed by atoms with Crippen LogP contribution in [0.4, 0.5) is 13.2 Å². The SMILES string of the molecule is CC(O)C(=O)Cc1ccc2c(c1)C(NC1CC3CCCC3(C(=O)CC3CCc4cc(C(F)(F)F)cnc4CC3)C1)CCO2. The molecule has 0 saturated heterocycles. The summed E-state index contributed by atoms with van der Waals surface area (Å²) < 4.78 is 45.6. The summed E-state index contributed by atoms with van der Waals surface area (Å²) in [5, 5.41) is 13.5. The molecular formula is C34H41F3N2O4. The van der Waals surface area contributed by atoms with Crippen molar-refractivity contribution in [2.45, 2.75) is 108 Å². The van der Waals surface area contributed by atoms with Crippen LogP contribution < -0.4 is 10.1 Å². The van der Waals surface area contributed by atoms with E-state index in [0.717, 1.165) is 73.7 Å². The third kappa shape index (κ3) is 6.25. The molecule has 0 amide bonds. The van der Waals surface area contributed by atoms with E-state index in [1.807, 2.05) is 18.2 Å². The molecule has 6 nitrogen and oxygen atoms in total. The van der Waals surface area contributed by atoms with Crippen LogP contribution in [-0.4, -0.2) is 40.4 Å². The van der Waals surface area contributed by atoms with Gasteiger partial charge in [0.2, 0.25) is 0 Å². The molecule has 1 aromatic carbocycles. The highest BCUT2D eigenvalue weighted by Crippen LogP contribution is 2.56. The van der Waals surface area contributed by atoms with Gasteiger partial charge in [-0.25, -0.2) is 0 Å². The van der Waals surface area contributed by atoms with Crippen molar-refractivity contribution in [1.82, 2.24) is 10.3 Å². The van der Waals surface area contributed by atoms with E-state index in [4.69, 9.17) is 4.74 Å². The number of hydrogen-bond acceptors (Lipinski definition) is 6. The molecule has 6 atom stereocenters. The number of hydrogen-bond donors (Lipinski definition) is 2. The van der Waals surface area contributed by atoms with Gasteiger partial charge in [0, 0.05) is 54.2 Å². The van der Waals surface area contributed by atoms with E-state index >= 15 is 0 Å². The van der Waals surface area contributed by atoms with Gasteiger partial charge in [0.25, 0.3) is 0 Å². The predicted molar refractivity (Wildman–Crippen MR) is 155 cm³/mol. The smallest absolute Gasteiger partial charge is 0.417 e. The Kier molecular flexibility index (Phi) is 8.41. The fraction of sp³-hybridized carbons (Fsp3) is 0.618. The molecule has 6 rings (SSSR count). The van der Waals surface area contributed by atoms with Crippen LogP contribution in [0.25, 0.3) is 0 Å². The fourth-order valence-electron chi connectivity index (χ4n) is 8.24. The maximum absolute atomic E-state index is 14.1.